The SMILES string of the molecule is C.COc1cc(B(O)O)ccc1Oc1cccc(F)c1. The van der Waals surface area contributed by atoms with Crippen LogP contribution >= 0.6 is 0 Å². The minimum absolute atomic E-state index is 0. The topological polar surface area (TPSA) is 58.9 Å². The van der Waals surface area contributed by atoms with Gasteiger partial charge in [0.05, 0.1) is 7.11 Å². The lowest BCUT2D eigenvalue weighted by Gasteiger charge is -2.11. The van der Waals surface area contributed by atoms with Crippen molar-refractivity contribution in [2.45, 2.75) is 7.43 Å². The van der Waals surface area contributed by atoms with E-state index < -0.39 is 12.9 Å². The van der Waals surface area contributed by atoms with Gasteiger partial charge in [-0.2, -0.15) is 0 Å². The molecule has 0 spiro atoms. The second kappa shape index (κ2) is 6.93. The molecule has 2 rings (SSSR count). The van der Waals surface area contributed by atoms with E-state index in [1.807, 2.05) is 0 Å². The average molecular weight is 278 g/mol. The summed E-state index contributed by atoms with van der Waals surface area (Å²) in [7, 11) is -0.154. The maximum atomic E-state index is 13.0. The fourth-order valence-corrected chi connectivity index (χ4v) is 1.59. The number of ether oxygens (including phenoxy) is 2. The summed E-state index contributed by atoms with van der Waals surface area (Å²) in [5, 5.41) is 18.1. The third-order valence-corrected chi connectivity index (χ3v) is 2.51. The molecule has 2 aromatic carbocycles. The molecule has 0 aromatic heterocycles. The molecule has 6 heteroatoms. The van der Waals surface area contributed by atoms with Gasteiger partial charge < -0.3 is 19.5 Å². The van der Waals surface area contributed by atoms with Gasteiger partial charge in [0, 0.05) is 6.07 Å². The number of hydrogen-bond donors (Lipinski definition) is 2. The second-order valence-electron chi connectivity index (χ2n) is 3.84. The van der Waals surface area contributed by atoms with E-state index >= 15 is 0 Å². The molecule has 4 nitrogen and oxygen atoms in total. The van der Waals surface area contributed by atoms with E-state index in [-0.39, 0.29) is 12.9 Å². The Morgan fingerprint density at radius 2 is 1.80 bits per heavy atom. The van der Waals surface area contributed by atoms with Crippen LogP contribution < -0.4 is 14.9 Å². The summed E-state index contributed by atoms with van der Waals surface area (Å²) < 4.78 is 23.6. The highest BCUT2D eigenvalue weighted by Gasteiger charge is 2.15. The molecule has 0 aliphatic heterocycles. The van der Waals surface area contributed by atoms with E-state index in [4.69, 9.17) is 19.5 Å². The van der Waals surface area contributed by atoms with Crippen molar-refractivity contribution in [3.8, 4) is 17.2 Å². The first-order valence-electron chi connectivity index (χ1n) is 5.57. The normalized spacial score (nSPS) is 9.60. The molecule has 0 amide bonds. The Morgan fingerprint density at radius 3 is 2.40 bits per heavy atom. The molecular formula is C14H16BFO4. The van der Waals surface area contributed by atoms with Crippen molar-refractivity contribution in [3.63, 3.8) is 0 Å². The summed E-state index contributed by atoms with van der Waals surface area (Å²) in [5.41, 5.74) is 0.281. The van der Waals surface area contributed by atoms with Crippen LogP contribution in [0.15, 0.2) is 42.5 Å². The lowest BCUT2D eigenvalue weighted by atomic mass is 9.80. The Hall–Kier alpha value is -2.05. The van der Waals surface area contributed by atoms with E-state index in [9.17, 15) is 4.39 Å². The maximum Gasteiger partial charge on any atom is 0.488 e. The van der Waals surface area contributed by atoms with Gasteiger partial charge in [-0.1, -0.05) is 19.6 Å². The molecule has 0 atom stereocenters. The molecular weight excluding hydrogens is 262 g/mol. The van der Waals surface area contributed by atoms with Crippen LogP contribution in [0.2, 0.25) is 0 Å². The first-order chi connectivity index (χ1) is 9.10. The summed E-state index contributed by atoms with van der Waals surface area (Å²) in [4.78, 5) is 0. The third-order valence-electron chi connectivity index (χ3n) is 2.51. The van der Waals surface area contributed by atoms with Crippen molar-refractivity contribution in [1.82, 2.24) is 0 Å². The number of benzene rings is 2. The fourth-order valence-electron chi connectivity index (χ4n) is 1.59. The van der Waals surface area contributed by atoms with Crippen LogP contribution in [0.5, 0.6) is 17.2 Å². The van der Waals surface area contributed by atoms with Gasteiger partial charge in [-0.15, -0.1) is 0 Å². The predicted octanol–water partition coefficient (Wildman–Crippen LogP) is 1.94. The van der Waals surface area contributed by atoms with Crippen LogP contribution in [0, 0.1) is 5.82 Å². The summed E-state index contributed by atoms with van der Waals surface area (Å²) in [6, 6.07) is 10.2. The zero-order chi connectivity index (χ0) is 13.8. The number of halogens is 1. The summed E-state index contributed by atoms with van der Waals surface area (Å²) in [6.45, 7) is 0. The van der Waals surface area contributed by atoms with E-state index in [0.29, 0.717) is 17.2 Å². The van der Waals surface area contributed by atoms with Crippen molar-refractivity contribution < 1.29 is 23.9 Å². The van der Waals surface area contributed by atoms with Crippen molar-refractivity contribution in [3.05, 3.63) is 48.3 Å². The Morgan fingerprint density at radius 1 is 1.05 bits per heavy atom. The van der Waals surface area contributed by atoms with E-state index in [1.54, 1.807) is 6.07 Å². The zero-order valence-electron chi connectivity index (χ0n) is 10.2. The van der Waals surface area contributed by atoms with Crippen molar-refractivity contribution in [2.75, 3.05) is 7.11 Å². The summed E-state index contributed by atoms with van der Waals surface area (Å²) >= 11 is 0. The molecule has 2 aromatic rings. The lowest BCUT2D eigenvalue weighted by Crippen LogP contribution is -2.29. The molecule has 0 heterocycles. The van der Waals surface area contributed by atoms with E-state index in [2.05, 4.69) is 0 Å². The lowest BCUT2D eigenvalue weighted by molar-refractivity contribution is 0.377. The molecule has 106 valence electrons. The Bertz CT molecular complexity index is 575. The molecule has 0 unspecified atom stereocenters. The predicted molar refractivity (Wildman–Crippen MR) is 76.0 cm³/mol. The largest absolute Gasteiger partial charge is 0.493 e. The minimum atomic E-state index is -1.59. The van der Waals surface area contributed by atoms with Crippen LogP contribution in [0.4, 0.5) is 4.39 Å². The molecule has 0 saturated heterocycles. The Balaban J connectivity index is 0.00000200. The molecule has 2 N–H and O–H groups in total. The van der Waals surface area contributed by atoms with Crippen molar-refractivity contribution in [2.24, 2.45) is 0 Å². The van der Waals surface area contributed by atoms with Crippen molar-refractivity contribution in [1.29, 1.82) is 0 Å². The average Bonchev–Trinajstić information content (AvgIpc) is 2.39. The number of methoxy groups -OCH3 is 1. The van der Waals surface area contributed by atoms with E-state index in [1.165, 1.54) is 43.5 Å². The van der Waals surface area contributed by atoms with Crippen LogP contribution in [-0.4, -0.2) is 24.3 Å². The summed E-state index contributed by atoms with van der Waals surface area (Å²) in [5.74, 6) is 0.613. The monoisotopic (exact) mass is 278 g/mol. The molecule has 0 radical (unpaired) electrons. The molecule has 0 aliphatic rings. The van der Waals surface area contributed by atoms with Gasteiger partial charge in [0.15, 0.2) is 11.5 Å². The van der Waals surface area contributed by atoms with Gasteiger partial charge in [-0.05, 0) is 29.7 Å². The van der Waals surface area contributed by atoms with Gasteiger partial charge >= 0.3 is 7.12 Å². The summed E-state index contributed by atoms with van der Waals surface area (Å²) in [6.07, 6.45) is 0. The highest BCUT2D eigenvalue weighted by Crippen LogP contribution is 2.30. The van der Waals surface area contributed by atoms with Crippen molar-refractivity contribution >= 4 is 12.6 Å². The third kappa shape index (κ3) is 3.72. The number of rotatable bonds is 4. The number of hydrogen-bond acceptors (Lipinski definition) is 4. The Labute approximate surface area is 117 Å². The van der Waals surface area contributed by atoms with Crippen LogP contribution in [0.1, 0.15) is 7.43 Å². The first kappa shape index (κ1) is 16.0. The molecule has 0 aliphatic carbocycles. The van der Waals surface area contributed by atoms with E-state index in [0.717, 1.165) is 0 Å². The Kier molecular flexibility index (Phi) is 5.55. The van der Waals surface area contributed by atoms with Gasteiger partial charge in [0.2, 0.25) is 0 Å². The smallest absolute Gasteiger partial charge is 0.488 e. The maximum absolute atomic E-state index is 13.0. The standard InChI is InChI=1S/C13H12BFO4.CH4/c1-18-13-7-9(14(16)17)5-6-12(13)19-11-4-2-3-10(15)8-11;/h2-8,16-17H,1H3;1H4. The highest BCUT2D eigenvalue weighted by molar-refractivity contribution is 6.58. The molecule has 0 saturated carbocycles. The highest BCUT2D eigenvalue weighted by atomic mass is 19.1. The molecule has 0 fully saturated rings. The van der Waals surface area contributed by atoms with Crippen LogP contribution in [0.3, 0.4) is 0 Å². The van der Waals surface area contributed by atoms with Crippen LogP contribution in [0.25, 0.3) is 0 Å². The quantitative estimate of drug-likeness (QED) is 0.839. The second-order valence-corrected chi connectivity index (χ2v) is 3.84. The zero-order valence-corrected chi connectivity index (χ0v) is 10.2. The van der Waals surface area contributed by atoms with Gasteiger partial charge in [0.1, 0.15) is 11.6 Å². The minimum Gasteiger partial charge on any atom is -0.493 e. The molecule has 20 heavy (non-hydrogen) atoms. The van der Waals surface area contributed by atoms with Crippen LogP contribution in [-0.2, 0) is 0 Å². The van der Waals surface area contributed by atoms with Gasteiger partial charge in [-0.25, -0.2) is 4.39 Å². The van der Waals surface area contributed by atoms with Gasteiger partial charge in [0.25, 0.3) is 0 Å². The molecule has 0 bridgehead atoms. The van der Waals surface area contributed by atoms with Gasteiger partial charge in [-0.3, -0.25) is 0 Å². The first-order valence-corrected chi connectivity index (χ1v) is 5.57. The fraction of sp³-hybridized carbons (Fsp3) is 0.143.